The molecule has 9 aromatic rings. The number of unbranched alkanes of at least 4 members (excludes halogenated alkanes) is 1. The minimum absolute atomic E-state index is 0.0458. The van der Waals surface area contributed by atoms with Crippen LogP contribution >= 0.6 is 0 Å². The summed E-state index contributed by atoms with van der Waals surface area (Å²) in [5.74, 6) is -0.390. The lowest BCUT2D eigenvalue weighted by Gasteiger charge is -2.36. The van der Waals surface area contributed by atoms with Crippen molar-refractivity contribution in [3.8, 4) is 11.1 Å². The molecule has 1 aliphatic heterocycles. The zero-order valence-corrected chi connectivity index (χ0v) is 43.1. The lowest BCUT2D eigenvalue weighted by molar-refractivity contribution is -0.118. The van der Waals surface area contributed by atoms with Crippen LogP contribution in [0.5, 0.6) is 0 Å². The van der Waals surface area contributed by atoms with E-state index in [4.69, 9.17) is 36.4 Å². The average Bonchev–Trinajstić information content (AvgIpc) is 4.04. The van der Waals surface area contributed by atoms with Gasteiger partial charge in [-0.25, -0.2) is 0 Å². The Morgan fingerprint density at radius 2 is 1.36 bits per heavy atom. The number of nitrogens with zero attached hydrogens (tertiary/aromatic N) is 10. The van der Waals surface area contributed by atoms with Gasteiger partial charge in [0.15, 0.2) is 0 Å². The number of benzene rings is 2. The fourth-order valence-electron chi connectivity index (χ4n) is 12.9. The fraction of sp³-hybridized carbons (Fsp3) is 0.377. The molecule has 384 valence electrons. The minimum Gasteiger partial charge on any atom is -0.368 e. The molecule has 0 spiro atoms. The van der Waals surface area contributed by atoms with Crippen LogP contribution in [0, 0.1) is 0 Å². The van der Waals surface area contributed by atoms with E-state index in [1.54, 1.807) is 0 Å². The number of carbonyl (C=O) groups is 1. The van der Waals surface area contributed by atoms with E-state index >= 15 is 0 Å². The number of hydrogen-bond donors (Lipinski definition) is 3. The van der Waals surface area contributed by atoms with Gasteiger partial charge in [0.05, 0.1) is 63.6 Å². The Bertz CT molecular complexity index is 3470. The number of fused-ring (bicyclic) bond motifs is 8. The molecule has 5 N–H and O–H groups in total. The van der Waals surface area contributed by atoms with E-state index < -0.39 is 0 Å². The number of carbonyl (C=O) groups excluding carboxylic acids is 1. The van der Waals surface area contributed by atoms with Crippen LogP contribution in [0.1, 0.15) is 96.6 Å². The van der Waals surface area contributed by atoms with Crippen LogP contribution in [0.2, 0.25) is 0 Å². The molecular weight excluding hydrogens is 931 g/mol. The smallest absolute Gasteiger partial charge is 0.237 e. The Morgan fingerprint density at radius 1 is 0.653 bits per heavy atom. The average molecular weight is 1000 g/mol. The van der Waals surface area contributed by atoms with Crippen molar-refractivity contribution in [3.05, 3.63) is 162 Å². The molecule has 75 heavy (non-hydrogen) atoms. The third-order valence-electron chi connectivity index (χ3n) is 16.3. The zero-order valence-electron chi connectivity index (χ0n) is 43.1. The molecule has 12 rings (SSSR count). The number of nitrogens with one attached hydrogen (secondary N) is 1. The summed E-state index contributed by atoms with van der Waals surface area (Å²) in [6, 6.07) is 32.6. The van der Waals surface area contributed by atoms with Gasteiger partial charge in [-0.3, -0.25) is 39.5 Å². The van der Waals surface area contributed by atoms with E-state index in [9.17, 15) is 4.79 Å². The molecule has 2 atom stereocenters. The maximum Gasteiger partial charge on any atom is 0.237 e. The van der Waals surface area contributed by atoms with Gasteiger partial charge in [0.1, 0.15) is 6.54 Å². The highest BCUT2D eigenvalue weighted by molar-refractivity contribution is 6.15. The molecule has 2 aromatic carbocycles. The van der Waals surface area contributed by atoms with Crippen LogP contribution in [-0.2, 0) is 43.8 Å². The van der Waals surface area contributed by atoms with E-state index in [1.807, 2.05) is 30.9 Å². The molecular formula is C61H69N13O. The maximum absolute atomic E-state index is 13.0. The molecule has 0 unspecified atom stereocenters. The largest absolute Gasteiger partial charge is 0.368 e. The molecule has 1 saturated heterocycles. The number of para-hydroxylation sites is 1. The molecule has 2 aliphatic carbocycles. The van der Waals surface area contributed by atoms with Crippen molar-refractivity contribution < 1.29 is 4.79 Å². The normalized spacial score (nSPS) is 17.2. The number of hydrogen-bond acceptors (Lipinski definition) is 11. The van der Waals surface area contributed by atoms with Gasteiger partial charge >= 0.3 is 0 Å². The molecule has 0 bridgehead atoms. The monoisotopic (exact) mass is 1000 g/mol. The topological polar surface area (TPSA) is 165 Å². The quantitative estimate of drug-likeness (QED) is 0.0663. The number of aryl methyl sites for hydroxylation is 2. The molecule has 0 radical (unpaired) electrons. The van der Waals surface area contributed by atoms with Crippen LogP contribution in [0.4, 0.5) is 0 Å². The van der Waals surface area contributed by atoms with Crippen LogP contribution in [0.3, 0.4) is 0 Å². The summed E-state index contributed by atoms with van der Waals surface area (Å²) in [6.45, 7) is 9.77. The molecule has 1 fully saturated rings. The lowest BCUT2D eigenvalue weighted by atomic mass is 9.88. The molecule has 14 nitrogen and oxygen atoms in total. The Kier molecular flexibility index (Phi) is 14.4. The summed E-state index contributed by atoms with van der Waals surface area (Å²) < 4.78 is 4.54. The van der Waals surface area contributed by atoms with E-state index in [0.29, 0.717) is 26.2 Å². The third-order valence-corrected chi connectivity index (χ3v) is 16.3. The number of aromatic nitrogens is 7. The van der Waals surface area contributed by atoms with Gasteiger partial charge in [0, 0.05) is 109 Å². The standard InChI is InChI=1S/C61H69N13O/c62-24-4-6-32-71(54-20-7-12-42-14-10-26-68-58(42)54)40-51-61-49(23-28-67-51)57-46(17-9-19-53(57)74(61)41-56(63)75)44-36-43-13-8-21-55(59(43)69-37-44)72(33-11-31-70-34-29-64-30-35-70)39-50-60-48(22-27-66-50)47-16-1-2-18-52(47)73(60)38-45-15-3-5-25-65-45/h1-3,5,9-10,14-19,22-23,25-28,36-37,54-55,64H,4,6-8,11-13,20-21,24,29-35,38-41,62H2,(H2,63,75)/t54-,55-/m0/s1. The maximum atomic E-state index is 13.0. The van der Waals surface area contributed by atoms with Gasteiger partial charge in [-0.2, -0.15) is 0 Å². The van der Waals surface area contributed by atoms with Crippen molar-refractivity contribution in [1.82, 2.24) is 54.1 Å². The van der Waals surface area contributed by atoms with Crippen LogP contribution < -0.4 is 16.8 Å². The summed E-state index contributed by atoms with van der Waals surface area (Å²) in [7, 11) is 0. The first-order valence-electron chi connectivity index (χ1n) is 27.5. The number of nitrogens with two attached hydrogens (primary N) is 2. The van der Waals surface area contributed by atoms with Gasteiger partial charge in [-0.1, -0.05) is 42.5 Å². The second-order valence-corrected chi connectivity index (χ2v) is 21.0. The first kappa shape index (κ1) is 49.0. The highest BCUT2D eigenvalue weighted by atomic mass is 16.1. The number of rotatable bonds is 19. The third kappa shape index (κ3) is 9.93. The Morgan fingerprint density at radius 3 is 2.13 bits per heavy atom. The summed E-state index contributed by atoms with van der Waals surface area (Å²) in [6.07, 6.45) is 19.1. The van der Waals surface area contributed by atoms with Crippen LogP contribution in [0.15, 0.2) is 122 Å². The zero-order chi connectivity index (χ0) is 50.7. The van der Waals surface area contributed by atoms with Crippen molar-refractivity contribution in [1.29, 1.82) is 0 Å². The Hall–Kier alpha value is -6.94. The second kappa shape index (κ2) is 22.1. The van der Waals surface area contributed by atoms with Gasteiger partial charge in [-0.15, -0.1) is 0 Å². The predicted molar refractivity (Wildman–Crippen MR) is 299 cm³/mol. The number of piperazine rings is 1. The van der Waals surface area contributed by atoms with Gasteiger partial charge in [0.25, 0.3) is 0 Å². The molecule has 0 saturated carbocycles. The number of pyridine rings is 5. The van der Waals surface area contributed by atoms with Crippen molar-refractivity contribution in [3.63, 3.8) is 0 Å². The van der Waals surface area contributed by atoms with E-state index in [2.05, 4.69) is 120 Å². The molecule has 14 heteroatoms. The number of amides is 1. The summed E-state index contributed by atoms with van der Waals surface area (Å²) >= 11 is 0. The summed E-state index contributed by atoms with van der Waals surface area (Å²) in [4.78, 5) is 46.4. The summed E-state index contributed by atoms with van der Waals surface area (Å²) in [5.41, 5.74) is 26.6. The fourth-order valence-corrected chi connectivity index (χ4v) is 12.9. The van der Waals surface area contributed by atoms with E-state index in [-0.39, 0.29) is 24.5 Å². The summed E-state index contributed by atoms with van der Waals surface area (Å²) in [5, 5.41) is 8.13. The van der Waals surface area contributed by atoms with Gasteiger partial charge in [0.2, 0.25) is 5.91 Å². The highest BCUT2D eigenvalue weighted by Crippen LogP contribution is 2.42. The minimum atomic E-state index is -0.390. The second-order valence-electron chi connectivity index (χ2n) is 21.0. The molecule has 3 aliphatic rings. The first-order chi connectivity index (χ1) is 37.0. The van der Waals surface area contributed by atoms with Crippen molar-refractivity contribution in [2.75, 3.05) is 52.4 Å². The molecule has 7 aromatic heterocycles. The highest BCUT2D eigenvalue weighted by Gasteiger charge is 2.32. The van der Waals surface area contributed by atoms with Crippen LogP contribution in [0.25, 0.3) is 54.7 Å². The lowest BCUT2D eigenvalue weighted by Crippen LogP contribution is -2.44. The van der Waals surface area contributed by atoms with Gasteiger partial charge in [-0.05, 0) is 143 Å². The van der Waals surface area contributed by atoms with E-state index in [0.717, 1.165) is 159 Å². The van der Waals surface area contributed by atoms with Crippen LogP contribution in [-0.4, -0.2) is 107 Å². The Balaban J connectivity index is 0.916. The Labute approximate surface area is 439 Å². The first-order valence-corrected chi connectivity index (χ1v) is 27.5. The van der Waals surface area contributed by atoms with Crippen molar-refractivity contribution in [2.45, 2.75) is 96.1 Å². The molecule has 8 heterocycles. The predicted octanol–water partition coefficient (Wildman–Crippen LogP) is 8.87. The van der Waals surface area contributed by atoms with Gasteiger partial charge < -0.3 is 30.8 Å². The molecule has 1 amide bonds. The van der Waals surface area contributed by atoms with Crippen molar-refractivity contribution >= 4 is 49.5 Å². The SMILES string of the molecule is NCCCCN(Cc1nccc2c3c(-c4cnc5c(c4)CCC[C@@H]5N(CCCN4CCNCC4)Cc4nccc5c6ccccc6n(Cc6ccccn6)c45)cccc3n(CC(N)=O)c12)[C@H]1CCCc2cccnc21. The van der Waals surface area contributed by atoms with E-state index in [1.165, 1.54) is 38.6 Å². The number of primary amides is 1. The van der Waals surface area contributed by atoms with Crippen molar-refractivity contribution in [2.24, 2.45) is 11.5 Å².